The molecule has 3 aromatic rings. The lowest BCUT2D eigenvalue weighted by Gasteiger charge is -2.36. The molecule has 9 heteroatoms. The third-order valence-corrected chi connectivity index (χ3v) is 8.44. The second kappa shape index (κ2) is 13.5. The lowest BCUT2D eigenvalue weighted by Crippen LogP contribution is -2.39. The Labute approximate surface area is 256 Å². The molecule has 1 aliphatic carbocycles. The number of carbonyl (C=O) groups excluding carboxylic acids is 2. The molecule has 3 aromatic carbocycles. The van der Waals surface area contributed by atoms with Gasteiger partial charge in [0.15, 0.2) is 11.6 Å². The molecule has 2 aliphatic rings. The molecule has 1 heterocycles. The maximum Gasteiger partial charge on any atom is 0.238 e. The first-order valence-corrected chi connectivity index (χ1v) is 14.7. The smallest absolute Gasteiger partial charge is 0.238 e. The number of phenols is 1. The van der Waals surface area contributed by atoms with Crippen LogP contribution in [0.1, 0.15) is 31.7 Å². The number of aliphatic hydroxyl groups is 2. The summed E-state index contributed by atoms with van der Waals surface area (Å²) in [6.45, 7) is 1.62. The number of imide groups is 1. The first-order valence-electron chi connectivity index (χ1n) is 14.7. The third kappa shape index (κ3) is 6.45. The minimum absolute atomic E-state index is 0.162. The molecule has 0 saturated carbocycles. The number of ether oxygens (including phenoxy) is 1. The van der Waals surface area contributed by atoms with Crippen LogP contribution in [0.2, 0.25) is 0 Å². The second-order valence-corrected chi connectivity index (χ2v) is 11.4. The van der Waals surface area contributed by atoms with E-state index in [9.17, 15) is 29.3 Å². The summed E-state index contributed by atoms with van der Waals surface area (Å²) in [6, 6.07) is 20.8. The largest absolute Gasteiger partial charge is 0.505 e. The fraction of sp³-hybridized carbons (Fsp3) is 0.314. The van der Waals surface area contributed by atoms with Crippen molar-refractivity contribution in [2.75, 3.05) is 30.5 Å². The number of nitrogens with one attached hydrogen (secondary N) is 1. The summed E-state index contributed by atoms with van der Waals surface area (Å²) in [5.74, 6) is -4.09. The zero-order chi connectivity index (χ0) is 31.4. The van der Waals surface area contributed by atoms with E-state index in [0.717, 1.165) is 16.9 Å². The number of aromatic hydroxyl groups is 1. The lowest BCUT2D eigenvalue weighted by molar-refractivity contribution is -0.123. The van der Waals surface area contributed by atoms with Crippen molar-refractivity contribution < 1.29 is 34.0 Å². The molecule has 44 heavy (non-hydrogen) atoms. The molecule has 0 bridgehead atoms. The van der Waals surface area contributed by atoms with E-state index in [0.29, 0.717) is 35.2 Å². The van der Waals surface area contributed by atoms with Crippen molar-refractivity contribution in [3.63, 3.8) is 0 Å². The number of fused-ring (bicyclic) bond motifs is 1. The minimum atomic E-state index is -0.988. The number of carbonyl (C=O) groups is 2. The highest BCUT2D eigenvalue weighted by Crippen LogP contribution is 2.47. The van der Waals surface area contributed by atoms with Gasteiger partial charge >= 0.3 is 0 Å². The van der Waals surface area contributed by atoms with E-state index in [1.807, 2.05) is 37.3 Å². The molecule has 1 saturated heterocycles. The van der Waals surface area contributed by atoms with Crippen LogP contribution in [0.3, 0.4) is 0 Å². The Morgan fingerprint density at radius 2 is 1.77 bits per heavy atom. The van der Waals surface area contributed by atoms with Gasteiger partial charge in [0.05, 0.1) is 36.8 Å². The molecular weight excluding hydrogens is 563 g/mol. The highest BCUT2D eigenvalue weighted by atomic mass is 19.1. The van der Waals surface area contributed by atoms with Crippen molar-refractivity contribution in [2.24, 2.45) is 17.8 Å². The summed E-state index contributed by atoms with van der Waals surface area (Å²) in [4.78, 5) is 28.7. The van der Waals surface area contributed by atoms with Crippen LogP contribution in [0, 0.1) is 23.6 Å². The molecule has 230 valence electrons. The third-order valence-electron chi connectivity index (χ3n) is 8.44. The zero-order valence-corrected chi connectivity index (χ0v) is 24.7. The van der Waals surface area contributed by atoms with Crippen LogP contribution in [0.15, 0.2) is 89.5 Å². The van der Waals surface area contributed by atoms with Gasteiger partial charge in [-0.05, 0) is 91.4 Å². The number of benzene rings is 3. The SMILES string of the molecule is COCC1=C([C@H](O)CC/C(C)=C/c2ccc(O)c(F)c2)[C@H](CO)[C@@H]2C(=O)N(c3ccc(Nc4ccccc4)cc3)C(=O)[C@@H]2C1. The van der Waals surface area contributed by atoms with Crippen molar-refractivity contribution in [2.45, 2.75) is 32.3 Å². The number of allylic oxidation sites excluding steroid dienone is 1. The summed E-state index contributed by atoms with van der Waals surface area (Å²) in [6.07, 6.45) is 1.79. The molecule has 0 spiro atoms. The average Bonchev–Trinajstić information content (AvgIpc) is 3.27. The fourth-order valence-electron chi connectivity index (χ4n) is 6.39. The number of aliphatic hydroxyl groups excluding tert-OH is 2. The molecule has 5 rings (SSSR count). The van der Waals surface area contributed by atoms with Crippen molar-refractivity contribution in [3.8, 4) is 5.75 Å². The van der Waals surface area contributed by atoms with Gasteiger partial charge in [-0.1, -0.05) is 35.9 Å². The van der Waals surface area contributed by atoms with Gasteiger partial charge in [0.25, 0.3) is 0 Å². The van der Waals surface area contributed by atoms with Crippen molar-refractivity contribution >= 4 is 35.0 Å². The van der Waals surface area contributed by atoms with Crippen LogP contribution in [-0.4, -0.2) is 53.6 Å². The topological polar surface area (TPSA) is 119 Å². The van der Waals surface area contributed by atoms with E-state index < -0.39 is 47.9 Å². The quantitative estimate of drug-likeness (QED) is 0.168. The number of methoxy groups -OCH3 is 1. The molecule has 0 unspecified atom stereocenters. The van der Waals surface area contributed by atoms with Crippen LogP contribution < -0.4 is 10.2 Å². The van der Waals surface area contributed by atoms with Crippen LogP contribution >= 0.6 is 0 Å². The second-order valence-electron chi connectivity index (χ2n) is 11.4. The normalized spacial score (nSPS) is 21.1. The number of anilines is 3. The van der Waals surface area contributed by atoms with E-state index in [1.54, 1.807) is 36.4 Å². The number of para-hydroxylation sites is 1. The van der Waals surface area contributed by atoms with Crippen molar-refractivity contribution in [1.29, 1.82) is 0 Å². The Bertz CT molecular complexity index is 1570. The number of hydrogen-bond donors (Lipinski definition) is 4. The molecule has 2 amide bonds. The van der Waals surface area contributed by atoms with Crippen LogP contribution in [0.25, 0.3) is 6.08 Å². The molecule has 0 aromatic heterocycles. The number of rotatable bonds is 11. The number of hydrogen-bond acceptors (Lipinski definition) is 7. The fourth-order valence-corrected chi connectivity index (χ4v) is 6.39. The number of halogens is 1. The Hall–Kier alpha value is -4.31. The van der Waals surface area contributed by atoms with Gasteiger partial charge in [0.1, 0.15) is 0 Å². The Morgan fingerprint density at radius 3 is 2.43 bits per heavy atom. The minimum Gasteiger partial charge on any atom is -0.505 e. The number of phenolic OH excluding ortho intramolecular Hbond substituents is 1. The summed E-state index contributed by atoms with van der Waals surface area (Å²) >= 11 is 0. The molecule has 4 atom stereocenters. The molecule has 8 nitrogen and oxygen atoms in total. The molecule has 0 radical (unpaired) electrons. The Balaban J connectivity index is 1.34. The van der Waals surface area contributed by atoms with E-state index >= 15 is 0 Å². The molecular formula is C35H37FN2O6. The maximum absolute atomic E-state index is 13.8. The summed E-state index contributed by atoms with van der Waals surface area (Å²) in [5, 5.41) is 34.7. The monoisotopic (exact) mass is 600 g/mol. The highest BCUT2D eigenvalue weighted by molar-refractivity contribution is 6.22. The summed E-state index contributed by atoms with van der Waals surface area (Å²) in [5.41, 5.74) is 4.89. The molecule has 1 aliphatic heterocycles. The van der Waals surface area contributed by atoms with E-state index in [-0.39, 0.29) is 18.9 Å². The van der Waals surface area contributed by atoms with Crippen LogP contribution in [0.4, 0.5) is 21.5 Å². The Kier molecular flexibility index (Phi) is 9.58. The van der Waals surface area contributed by atoms with Crippen LogP contribution in [0.5, 0.6) is 5.75 Å². The number of nitrogens with zero attached hydrogens (tertiary/aromatic N) is 1. The van der Waals surface area contributed by atoms with E-state index in [2.05, 4.69) is 5.32 Å². The predicted octanol–water partition coefficient (Wildman–Crippen LogP) is 5.58. The number of amides is 2. The van der Waals surface area contributed by atoms with E-state index in [1.165, 1.54) is 24.1 Å². The van der Waals surface area contributed by atoms with Gasteiger partial charge in [-0.15, -0.1) is 0 Å². The summed E-state index contributed by atoms with van der Waals surface area (Å²) in [7, 11) is 1.53. The molecule has 4 N–H and O–H groups in total. The molecule has 1 fully saturated rings. The lowest BCUT2D eigenvalue weighted by atomic mass is 9.68. The van der Waals surface area contributed by atoms with Gasteiger partial charge in [-0.25, -0.2) is 4.39 Å². The predicted molar refractivity (Wildman–Crippen MR) is 167 cm³/mol. The highest BCUT2D eigenvalue weighted by Gasteiger charge is 2.55. The summed E-state index contributed by atoms with van der Waals surface area (Å²) < 4.78 is 19.2. The van der Waals surface area contributed by atoms with E-state index in [4.69, 9.17) is 4.74 Å². The first kappa shape index (κ1) is 31.1. The van der Waals surface area contributed by atoms with Crippen molar-refractivity contribution in [3.05, 3.63) is 101 Å². The first-order chi connectivity index (χ1) is 21.2. The van der Waals surface area contributed by atoms with Gasteiger partial charge in [-0.3, -0.25) is 14.5 Å². The maximum atomic E-state index is 13.8. The van der Waals surface area contributed by atoms with Crippen LogP contribution in [-0.2, 0) is 14.3 Å². The van der Waals surface area contributed by atoms with Gasteiger partial charge < -0.3 is 25.4 Å². The zero-order valence-electron chi connectivity index (χ0n) is 24.7. The average molecular weight is 601 g/mol. The Morgan fingerprint density at radius 1 is 1.07 bits per heavy atom. The van der Waals surface area contributed by atoms with Gasteiger partial charge in [0.2, 0.25) is 11.8 Å². The standard InChI is InChI=1S/C35H37FN2O6/c1-21(16-22-9-15-30(40)29(36)17-22)8-14-31(41)32-23(20-44-2)18-27-33(28(32)19-39)35(43)38(34(27)42)26-12-10-25(11-13-26)37-24-6-4-3-5-7-24/h3-7,9-13,15-17,27-28,31,33,37,39-41H,8,14,18-20H2,1-2H3/b21-16+/t27-,28+,31-,33-/m1/s1. The van der Waals surface area contributed by atoms with Crippen molar-refractivity contribution in [1.82, 2.24) is 0 Å². The van der Waals surface area contributed by atoms with Gasteiger partial charge in [-0.2, -0.15) is 0 Å². The van der Waals surface area contributed by atoms with Gasteiger partial charge in [0, 0.05) is 24.4 Å².